The van der Waals surface area contributed by atoms with Crippen LogP contribution in [0.25, 0.3) is 0 Å². The minimum atomic E-state index is -4.53. The summed E-state index contributed by atoms with van der Waals surface area (Å²) in [7, 11) is 0. The number of hydrogen-bond acceptors (Lipinski definition) is 4. The second-order valence-corrected chi connectivity index (χ2v) is 8.97. The van der Waals surface area contributed by atoms with Gasteiger partial charge < -0.3 is 9.84 Å². The first-order valence-electron chi connectivity index (χ1n) is 11.5. The number of hydrogen-bond donors (Lipinski definition) is 1. The van der Waals surface area contributed by atoms with Gasteiger partial charge in [0.05, 0.1) is 23.6 Å². The molecule has 1 heterocycles. The lowest BCUT2D eigenvalue weighted by molar-refractivity contribution is -0.138. The van der Waals surface area contributed by atoms with Crippen LogP contribution in [0.5, 0.6) is 5.75 Å². The number of alkyl halides is 3. The molecule has 9 heteroatoms. The van der Waals surface area contributed by atoms with Crippen LogP contribution in [-0.4, -0.2) is 40.7 Å². The van der Waals surface area contributed by atoms with E-state index < -0.39 is 17.7 Å². The van der Waals surface area contributed by atoms with E-state index in [1.807, 2.05) is 30.0 Å². The average Bonchev–Trinajstić information content (AvgIpc) is 2.82. The molecule has 1 atom stereocenters. The molecule has 5 nitrogen and oxygen atoms in total. The average molecular weight is 521 g/mol. The highest BCUT2D eigenvalue weighted by Gasteiger charge is 2.34. The maximum atomic E-state index is 13.4. The van der Waals surface area contributed by atoms with E-state index in [9.17, 15) is 18.0 Å². The third kappa shape index (κ3) is 8.24. The number of aliphatic carboxylic acids is 1. The third-order valence-corrected chi connectivity index (χ3v) is 6.09. The highest BCUT2D eigenvalue weighted by molar-refractivity contribution is 6.32. The number of halogens is 4. The lowest BCUT2D eigenvalue weighted by Gasteiger charge is -2.26. The monoisotopic (exact) mass is 520 g/mol. The smallest absolute Gasteiger partial charge is 0.417 e. The quantitative estimate of drug-likeness (QED) is 0.278. The molecule has 0 fully saturated rings. The summed E-state index contributed by atoms with van der Waals surface area (Å²) in [4.78, 5) is 17.4. The molecule has 0 bridgehead atoms. The Morgan fingerprint density at radius 3 is 2.61 bits per heavy atom. The molecule has 0 aliphatic rings. The maximum Gasteiger partial charge on any atom is 0.417 e. The first-order chi connectivity index (χ1) is 17.1. The van der Waals surface area contributed by atoms with E-state index in [0.717, 1.165) is 11.8 Å². The Morgan fingerprint density at radius 2 is 1.92 bits per heavy atom. The first kappa shape index (κ1) is 27.5. The fraction of sp³-hybridized carbons (Fsp3) is 0.333. The van der Waals surface area contributed by atoms with Crippen molar-refractivity contribution in [3.63, 3.8) is 0 Å². The summed E-state index contributed by atoms with van der Waals surface area (Å²) in [5, 5.41) is 8.68. The van der Waals surface area contributed by atoms with Crippen LogP contribution in [0.1, 0.15) is 41.6 Å². The van der Waals surface area contributed by atoms with Crippen LogP contribution in [0.2, 0.25) is 5.02 Å². The predicted octanol–water partition coefficient (Wildman–Crippen LogP) is 6.46. The zero-order chi connectivity index (χ0) is 26.1. The van der Waals surface area contributed by atoms with E-state index in [0.29, 0.717) is 43.0 Å². The summed E-state index contributed by atoms with van der Waals surface area (Å²) in [6.45, 7) is 3.75. The molecule has 1 aromatic heterocycles. The van der Waals surface area contributed by atoms with Crippen LogP contribution in [0.3, 0.4) is 0 Å². The number of carboxylic acids is 1. The summed E-state index contributed by atoms with van der Waals surface area (Å²) in [5.41, 5.74) is 1.10. The van der Waals surface area contributed by atoms with Crippen molar-refractivity contribution in [1.82, 2.24) is 9.88 Å². The molecular weight excluding hydrogens is 493 g/mol. The molecule has 3 rings (SSSR count). The van der Waals surface area contributed by atoms with Crippen LogP contribution < -0.4 is 4.74 Å². The van der Waals surface area contributed by atoms with Crippen molar-refractivity contribution in [3.8, 4) is 5.75 Å². The van der Waals surface area contributed by atoms with Crippen molar-refractivity contribution < 1.29 is 27.8 Å². The van der Waals surface area contributed by atoms with Crippen molar-refractivity contribution in [1.29, 1.82) is 0 Å². The number of rotatable bonds is 12. The summed E-state index contributed by atoms with van der Waals surface area (Å²) in [5.74, 6) is -0.300. The van der Waals surface area contributed by atoms with Crippen LogP contribution in [-0.2, 0) is 23.9 Å². The molecule has 2 aromatic carbocycles. The Bertz CT molecular complexity index is 1140. The number of pyridine rings is 1. The molecule has 0 saturated carbocycles. The predicted molar refractivity (Wildman–Crippen MR) is 132 cm³/mol. The zero-order valence-corrected chi connectivity index (χ0v) is 20.6. The fourth-order valence-corrected chi connectivity index (χ4v) is 4.24. The molecule has 3 aromatic rings. The molecule has 192 valence electrons. The molecule has 0 spiro atoms. The molecule has 0 amide bonds. The first-order valence-corrected chi connectivity index (χ1v) is 11.9. The molecule has 0 radical (unpaired) electrons. The number of carboxylic acid groups (broad SMARTS) is 1. The highest BCUT2D eigenvalue weighted by atomic mass is 35.5. The lowest BCUT2D eigenvalue weighted by atomic mass is 10.0. The zero-order valence-electron chi connectivity index (χ0n) is 19.8. The Morgan fingerprint density at radius 1 is 1.14 bits per heavy atom. The highest BCUT2D eigenvalue weighted by Crippen LogP contribution is 2.36. The third-order valence-electron chi connectivity index (χ3n) is 5.64. The molecule has 36 heavy (non-hydrogen) atoms. The molecule has 1 N–H and O–H groups in total. The van der Waals surface area contributed by atoms with Crippen molar-refractivity contribution >= 4 is 17.6 Å². The van der Waals surface area contributed by atoms with E-state index in [4.69, 9.17) is 21.4 Å². The van der Waals surface area contributed by atoms with Crippen molar-refractivity contribution in [2.75, 3.05) is 19.7 Å². The van der Waals surface area contributed by atoms with Crippen molar-refractivity contribution in [3.05, 3.63) is 94.3 Å². The topological polar surface area (TPSA) is 62.7 Å². The number of aromatic nitrogens is 1. The summed E-state index contributed by atoms with van der Waals surface area (Å²) < 4.78 is 45.8. The van der Waals surface area contributed by atoms with Gasteiger partial charge in [-0.25, -0.2) is 0 Å². The second kappa shape index (κ2) is 12.7. The number of carbonyl (C=O) groups is 1. The van der Waals surface area contributed by atoms with Gasteiger partial charge in [-0.1, -0.05) is 48.9 Å². The Balaban J connectivity index is 1.68. The Labute approximate surface area is 213 Å². The van der Waals surface area contributed by atoms with Crippen LogP contribution >= 0.6 is 11.6 Å². The SMILES string of the molecule is CC(CN(CCCOc1cccc(CC(=O)O)c1)Cc1cccc(C(F)(F)F)c1Cl)c1ccccn1. The molecule has 0 saturated heterocycles. The largest absolute Gasteiger partial charge is 0.494 e. The summed E-state index contributed by atoms with van der Waals surface area (Å²) >= 11 is 6.16. The van der Waals surface area contributed by atoms with Crippen LogP contribution in [0.15, 0.2) is 66.9 Å². The minimum Gasteiger partial charge on any atom is -0.494 e. The van der Waals surface area contributed by atoms with E-state index in [1.165, 1.54) is 6.07 Å². The van der Waals surface area contributed by atoms with E-state index in [2.05, 4.69) is 4.98 Å². The summed E-state index contributed by atoms with van der Waals surface area (Å²) in [6, 6.07) is 16.5. The molecule has 0 aliphatic heterocycles. The Hall–Kier alpha value is -3.10. The van der Waals surface area contributed by atoms with Gasteiger partial charge in [0.1, 0.15) is 5.75 Å². The van der Waals surface area contributed by atoms with Crippen molar-refractivity contribution in [2.24, 2.45) is 0 Å². The van der Waals surface area contributed by atoms with Gasteiger partial charge in [0.15, 0.2) is 0 Å². The standard InChI is InChI=1S/C27H28ClF3N2O3/c1-19(24-11-2-3-12-32-24)17-33(18-21-8-5-10-23(26(21)28)27(29,30)31)13-6-14-36-22-9-4-7-20(15-22)16-25(34)35/h2-5,7-12,15,19H,6,13-14,16-18H2,1H3,(H,34,35). The van der Waals surface area contributed by atoms with Gasteiger partial charge in [0.25, 0.3) is 0 Å². The number of nitrogens with zero attached hydrogens (tertiary/aromatic N) is 2. The molecular formula is C27H28ClF3N2O3. The van der Waals surface area contributed by atoms with Gasteiger partial charge in [0.2, 0.25) is 0 Å². The van der Waals surface area contributed by atoms with Gasteiger partial charge in [-0.15, -0.1) is 0 Å². The van der Waals surface area contributed by atoms with E-state index in [1.54, 1.807) is 36.5 Å². The van der Waals surface area contributed by atoms with E-state index in [-0.39, 0.29) is 23.9 Å². The van der Waals surface area contributed by atoms with Crippen molar-refractivity contribution in [2.45, 2.75) is 38.4 Å². The normalized spacial score (nSPS) is 12.5. The van der Waals surface area contributed by atoms with Gasteiger partial charge in [-0.3, -0.25) is 14.7 Å². The molecule has 1 unspecified atom stereocenters. The summed E-state index contributed by atoms with van der Waals surface area (Å²) in [6.07, 6.45) is -2.29. The maximum absolute atomic E-state index is 13.4. The lowest BCUT2D eigenvalue weighted by Crippen LogP contribution is -2.30. The van der Waals surface area contributed by atoms with Crippen LogP contribution in [0.4, 0.5) is 13.2 Å². The van der Waals surface area contributed by atoms with Gasteiger partial charge in [-0.2, -0.15) is 13.2 Å². The Kier molecular flexibility index (Phi) is 9.73. The fourth-order valence-electron chi connectivity index (χ4n) is 3.94. The number of benzene rings is 2. The van der Waals surface area contributed by atoms with Gasteiger partial charge in [-0.05, 0) is 47.9 Å². The van der Waals surface area contributed by atoms with Gasteiger partial charge in [0, 0.05) is 37.4 Å². The van der Waals surface area contributed by atoms with Crippen LogP contribution in [0, 0.1) is 0 Å². The second-order valence-electron chi connectivity index (χ2n) is 8.59. The van der Waals surface area contributed by atoms with E-state index >= 15 is 0 Å². The minimum absolute atomic E-state index is 0.0457. The molecule has 0 aliphatic carbocycles. The number of ether oxygens (including phenoxy) is 1. The van der Waals surface area contributed by atoms with Gasteiger partial charge >= 0.3 is 12.1 Å².